The monoisotopic (exact) mass is 202 g/mol. The van der Waals surface area contributed by atoms with E-state index in [-0.39, 0.29) is 12.2 Å². The maximum atomic E-state index is 10.1. The van der Waals surface area contributed by atoms with Crippen LogP contribution in [0.1, 0.15) is 33.1 Å². The SMILES string of the molecule is CCOC(CC)C(O)C1CCOCC1. The summed E-state index contributed by atoms with van der Waals surface area (Å²) in [4.78, 5) is 0. The highest BCUT2D eigenvalue weighted by molar-refractivity contribution is 4.78. The molecule has 0 saturated carbocycles. The fourth-order valence-electron chi connectivity index (χ4n) is 2.03. The zero-order chi connectivity index (χ0) is 10.4. The number of rotatable bonds is 5. The Kier molecular flexibility index (Phi) is 5.45. The predicted octanol–water partition coefficient (Wildman–Crippen LogP) is 1.59. The zero-order valence-corrected chi connectivity index (χ0v) is 9.24. The molecule has 0 aromatic carbocycles. The van der Waals surface area contributed by atoms with Gasteiger partial charge in [0.05, 0.1) is 12.2 Å². The third kappa shape index (κ3) is 3.23. The minimum atomic E-state index is -0.316. The zero-order valence-electron chi connectivity index (χ0n) is 9.24. The van der Waals surface area contributed by atoms with Crippen LogP contribution in [0.15, 0.2) is 0 Å². The van der Waals surface area contributed by atoms with Gasteiger partial charge in [0.25, 0.3) is 0 Å². The number of aliphatic hydroxyl groups excluding tert-OH is 1. The molecule has 0 radical (unpaired) electrons. The van der Waals surface area contributed by atoms with Gasteiger partial charge in [0.2, 0.25) is 0 Å². The van der Waals surface area contributed by atoms with Crippen molar-refractivity contribution in [2.45, 2.75) is 45.3 Å². The Labute approximate surface area is 86.4 Å². The molecule has 1 saturated heterocycles. The van der Waals surface area contributed by atoms with Gasteiger partial charge in [0.15, 0.2) is 0 Å². The van der Waals surface area contributed by atoms with E-state index in [2.05, 4.69) is 6.92 Å². The van der Waals surface area contributed by atoms with Gasteiger partial charge in [-0.05, 0) is 32.1 Å². The van der Waals surface area contributed by atoms with E-state index in [0.29, 0.717) is 12.5 Å². The van der Waals surface area contributed by atoms with Crippen molar-refractivity contribution in [2.24, 2.45) is 5.92 Å². The Bertz CT molecular complexity index is 139. The summed E-state index contributed by atoms with van der Waals surface area (Å²) in [6.07, 6.45) is 2.49. The standard InChI is InChI=1S/C11H22O3/c1-3-10(14-4-2)11(12)9-5-7-13-8-6-9/h9-12H,3-8H2,1-2H3. The summed E-state index contributed by atoms with van der Waals surface area (Å²) in [5, 5.41) is 10.1. The second-order valence-electron chi connectivity index (χ2n) is 3.84. The molecule has 0 aromatic rings. The Morgan fingerprint density at radius 2 is 2.00 bits per heavy atom. The molecule has 1 heterocycles. The lowest BCUT2D eigenvalue weighted by molar-refractivity contribution is -0.0814. The van der Waals surface area contributed by atoms with Crippen LogP contribution in [-0.4, -0.2) is 37.1 Å². The lowest BCUT2D eigenvalue weighted by Crippen LogP contribution is -2.38. The Morgan fingerprint density at radius 1 is 1.36 bits per heavy atom. The maximum absolute atomic E-state index is 10.1. The van der Waals surface area contributed by atoms with Crippen LogP contribution in [0.2, 0.25) is 0 Å². The molecule has 1 aliphatic heterocycles. The van der Waals surface area contributed by atoms with Crippen LogP contribution in [0.4, 0.5) is 0 Å². The van der Waals surface area contributed by atoms with Crippen molar-refractivity contribution in [1.29, 1.82) is 0 Å². The maximum Gasteiger partial charge on any atom is 0.0833 e. The third-order valence-corrected chi connectivity index (χ3v) is 2.91. The molecule has 0 aromatic heterocycles. The van der Waals surface area contributed by atoms with E-state index in [1.54, 1.807) is 0 Å². The van der Waals surface area contributed by atoms with Crippen molar-refractivity contribution in [3.8, 4) is 0 Å². The molecule has 0 spiro atoms. The molecule has 2 atom stereocenters. The lowest BCUT2D eigenvalue weighted by Gasteiger charge is -2.31. The Morgan fingerprint density at radius 3 is 2.50 bits per heavy atom. The topological polar surface area (TPSA) is 38.7 Å². The first-order valence-corrected chi connectivity index (χ1v) is 5.67. The second-order valence-corrected chi connectivity index (χ2v) is 3.84. The normalized spacial score (nSPS) is 23.4. The summed E-state index contributed by atoms with van der Waals surface area (Å²) >= 11 is 0. The van der Waals surface area contributed by atoms with E-state index < -0.39 is 0 Å². The molecule has 84 valence electrons. The highest BCUT2D eigenvalue weighted by Gasteiger charge is 2.28. The molecule has 0 bridgehead atoms. The average molecular weight is 202 g/mol. The first kappa shape index (κ1) is 12.0. The van der Waals surface area contributed by atoms with Crippen molar-refractivity contribution in [2.75, 3.05) is 19.8 Å². The second kappa shape index (κ2) is 6.38. The molecule has 1 fully saturated rings. The molecule has 1 rings (SSSR count). The summed E-state index contributed by atoms with van der Waals surface area (Å²) in [5.41, 5.74) is 0. The molecule has 14 heavy (non-hydrogen) atoms. The van der Waals surface area contributed by atoms with Gasteiger partial charge in [-0.3, -0.25) is 0 Å². The largest absolute Gasteiger partial charge is 0.390 e. The van der Waals surface area contributed by atoms with Crippen LogP contribution >= 0.6 is 0 Å². The van der Waals surface area contributed by atoms with Crippen LogP contribution < -0.4 is 0 Å². The minimum Gasteiger partial charge on any atom is -0.390 e. The molecule has 3 nitrogen and oxygen atoms in total. The van der Waals surface area contributed by atoms with Crippen LogP contribution in [0.25, 0.3) is 0 Å². The van der Waals surface area contributed by atoms with Crippen LogP contribution in [0.3, 0.4) is 0 Å². The van der Waals surface area contributed by atoms with Gasteiger partial charge in [0, 0.05) is 19.8 Å². The number of hydrogen-bond acceptors (Lipinski definition) is 3. The Balaban J connectivity index is 2.38. The van der Waals surface area contributed by atoms with E-state index in [1.165, 1.54) is 0 Å². The van der Waals surface area contributed by atoms with Gasteiger partial charge in [-0.15, -0.1) is 0 Å². The van der Waals surface area contributed by atoms with E-state index in [9.17, 15) is 5.11 Å². The van der Waals surface area contributed by atoms with Gasteiger partial charge in [-0.25, -0.2) is 0 Å². The van der Waals surface area contributed by atoms with Crippen LogP contribution in [-0.2, 0) is 9.47 Å². The molecular formula is C11H22O3. The first-order chi connectivity index (χ1) is 6.79. The van der Waals surface area contributed by atoms with Crippen molar-refractivity contribution in [3.63, 3.8) is 0 Å². The highest BCUT2D eigenvalue weighted by Crippen LogP contribution is 2.23. The first-order valence-electron chi connectivity index (χ1n) is 5.67. The van der Waals surface area contributed by atoms with E-state index in [1.807, 2.05) is 6.92 Å². The number of aliphatic hydroxyl groups is 1. The fourth-order valence-corrected chi connectivity index (χ4v) is 2.03. The molecule has 3 heteroatoms. The van der Waals surface area contributed by atoms with Crippen LogP contribution in [0, 0.1) is 5.92 Å². The summed E-state index contributed by atoms with van der Waals surface area (Å²) in [6.45, 7) is 6.27. The quantitative estimate of drug-likeness (QED) is 0.735. The van der Waals surface area contributed by atoms with E-state index in [0.717, 1.165) is 32.5 Å². The molecule has 1 aliphatic rings. The summed E-state index contributed by atoms with van der Waals surface area (Å²) in [5.74, 6) is 0.361. The predicted molar refractivity (Wildman–Crippen MR) is 55.3 cm³/mol. The average Bonchev–Trinajstić information content (AvgIpc) is 2.26. The number of ether oxygens (including phenoxy) is 2. The lowest BCUT2D eigenvalue weighted by atomic mass is 9.90. The van der Waals surface area contributed by atoms with Gasteiger partial charge in [-0.1, -0.05) is 6.92 Å². The highest BCUT2D eigenvalue weighted by atomic mass is 16.5. The molecular weight excluding hydrogens is 180 g/mol. The van der Waals surface area contributed by atoms with Crippen molar-refractivity contribution in [1.82, 2.24) is 0 Å². The molecule has 1 N–H and O–H groups in total. The fraction of sp³-hybridized carbons (Fsp3) is 1.00. The summed E-state index contributed by atoms with van der Waals surface area (Å²) in [7, 11) is 0. The Hall–Kier alpha value is -0.120. The van der Waals surface area contributed by atoms with Crippen molar-refractivity contribution < 1.29 is 14.6 Å². The summed E-state index contributed by atoms with van der Waals surface area (Å²) in [6, 6.07) is 0. The van der Waals surface area contributed by atoms with Gasteiger partial charge >= 0.3 is 0 Å². The summed E-state index contributed by atoms with van der Waals surface area (Å²) < 4.78 is 10.8. The van der Waals surface area contributed by atoms with Crippen molar-refractivity contribution >= 4 is 0 Å². The van der Waals surface area contributed by atoms with E-state index >= 15 is 0 Å². The van der Waals surface area contributed by atoms with Gasteiger partial charge in [0.1, 0.15) is 0 Å². The molecule has 0 aliphatic carbocycles. The smallest absolute Gasteiger partial charge is 0.0833 e. The molecule has 0 amide bonds. The molecule has 2 unspecified atom stereocenters. The minimum absolute atomic E-state index is 0.00287. The third-order valence-electron chi connectivity index (χ3n) is 2.91. The van der Waals surface area contributed by atoms with Crippen LogP contribution in [0.5, 0.6) is 0 Å². The van der Waals surface area contributed by atoms with Gasteiger partial charge < -0.3 is 14.6 Å². The van der Waals surface area contributed by atoms with Crippen molar-refractivity contribution in [3.05, 3.63) is 0 Å². The van der Waals surface area contributed by atoms with Gasteiger partial charge in [-0.2, -0.15) is 0 Å². The number of hydrogen-bond donors (Lipinski definition) is 1. The van der Waals surface area contributed by atoms with E-state index in [4.69, 9.17) is 9.47 Å².